The summed E-state index contributed by atoms with van der Waals surface area (Å²) in [6.45, 7) is 3.79. The Morgan fingerprint density at radius 1 is 1.00 bits per heavy atom. The number of carbonyl (C=O) groups is 1. The minimum absolute atomic E-state index is 0.153. The van der Waals surface area contributed by atoms with E-state index in [-0.39, 0.29) is 11.7 Å². The van der Waals surface area contributed by atoms with Crippen molar-refractivity contribution in [2.24, 2.45) is 0 Å². The van der Waals surface area contributed by atoms with Crippen molar-refractivity contribution in [1.82, 2.24) is 5.32 Å². The molecule has 0 aliphatic heterocycles. The molecule has 0 saturated heterocycles. The maximum absolute atomic E-state index is 13.0. The molecule has 2 aromatic rings. The summed E-state index contributed by atoms with van der Waals surface area (Å²) >= 11 is 0. The van der Waals surface area contributed by atoms with Crippen molar-refractivity contribution in [2.45, 2.75) is 19.4 Å². The van der Waals surface area contributed by atoms with E-state index in [9.17, 15) is 9.18 Å². The Bertz CT molecular complexity index is 646. The molecule has 0 fully saturated rings. The third-order valence-corrected chi connectivity index (χ3v) is 3.64. The number of nitrogens with one attached hydrogen (secondary N) is 1. The summed E-state index contributed by atoms with van der Waals surface area (Å²) in [4.78, 5) is 14.4. The molecular weight excluding hydrogens is 279 g/mol. The van der Waals surface area contributed by atoms with Gasteiger partial charge in [0, 0.05) is 25.3 Å². The lowest BCUT2D eigenvalue weighted by atomic mass is 9.94. The van der Waals surface area contributed by atoms with Crippen LogP contribution in [0.1, 0.15) is 29.8 Å². The van der Waals surface area contributed by atoms with Crippen LogP contribution in [0.5, 0.6) is 0 Å². The van der Waals surface area contributed by atoms with Crippen molar-refractivity contribution in [3.05, 3.63) is 65.5 Å². The molecule has 0 aliphatic rings. The van der Waals surface area contributed by atoms with E-state index < -0.39 is 5.54 Å². The van der Waals surface area contributed by atoms with E-state index in [1.54, 1.807) is 24.3 Å². The van der Waals surface area contributed by atoms with Gasteiger partial charge in [-0.2, -0.15) is 0 Å². The molecule has 0 saturated carbocycles. The van der Waals surface area contributed by atoms with Crippen molar-refractivity contribution in [3.63, 3.8) is 0 Å². The molecule has 0 atom stereocenters. The molecule has 0 unspecified atom stereocenters. The predicted molar refractivity (Wildman–Crippen MR) is 87.7 cm³/mol. The zero-order valence-corrected chi connectivity index (χ0v) is 13.4. The van der Waals surface area contributed by atoms with E-state index in [0.29, 0.717) is 5.56 Å². The lowest BCUT2D eigenvalue weighted by Gasteiger charge is -2.27. The van der Waals surface area contributed by atoms with Crippen molar-refractivity contribution in [3.8, 4) is 0 Å². The summed E-state index contributed by atoms with van der Waals surface area (Å²) in [6, 6.07) is 13.6. The number of halogens is 1. The van der Waals surface area contributed by atoms with Crippen LogP contribution in [0.25, 0.3) is 0 Å². The van der Waals surface area contributed by atoms with Crippen LogP contribution in [0.3, 0.4) is 0 Å². The number of benzene rings is 2. The lowest BCUT2D eigenvalue weighted by molar-refractivity contribution is 0.0912. The Hall–Kier alpha value is -2.36. The van der Waals surface area contributed by atoms with Crippen LogP contribution in [-0.4, -0.2) is 20.0 Å². The number of hydrogen-bond acceptors (Lipinski definition) is 2. The zero-order chi connectivity index (χ0) is 16.3. The number of anilines is 1. The van der Waals surface area contributed by atoms with Gasteiger partial charge >= 0.3 is 0 Å². The van der Waals surface area contributed by atoms with Gasteiger partial charge in [0.15, 0.2) is 0 Å². The van der Waals surface area contributed by atoms with Gasteiger partial charge in [0.1, 0.15) is 5.82 Å². The van der Waals surface area contributed by atoms with Gasteiger partial charge in [0.2, 0.25) is 0 Å². The Kier molecular flexibility index (Phi) is 4.50. The van der Waals surface area contributed by atoms with Gasteiger partial charge in [0.05, 0.1) is 5.54 Å². The van der Waals surface area contributed by atoms with E-state index in [2.05, 4.69) is 5.32 Å². The number of rotatable bonds is 4. The summed E-state index contributed by atoms with van der Waals surface area (Å²) in [5, 5.41) is 2.98. The van der Waals surface area contributed by atoms with E-state index in [0.717, 1.165) is 11.3 Å². The monoisotopic (exact) mass is 300 g/mol. The highest BCUT2D eigenvalue weighted by molar-refractivity contribution is 5.95. The highest BCUT2D eigenvalue weighted by atomic mass is 19.1. The fourth-order valence-electron chi connectivity index (χ4n) is 2.21. The molecule has 1 amide bonds. The third kappa shape index (κ3) is 3.64. The van der Waals surface area contributed by atoms with Crippen molar-refractivity contribution < 1.29 is 9.18 Å². The van der Waals surface area contributed by atoms with Crippen LogP contribution in [0.4, 0.5) is 10.1 Å². The van der Waals surface area contributed by atoms with Gasteiger partial charge in [-0.15, -0.1) is 0 Å². The highest BCUT2D eigenvalue weighted by Crippen LogP contribution is 2.21. The van der Waals surface area contributed by atoms with Crippen LogP contribution in [0.15, 0.2) is 48.5 Å². The van der Waals surface area contributed by atoms with Gasteiger partial charge in [-0.25, -0.2) is 4.39 Å². The molecule has 0 heterocycles. The Balaban J connectivity index is 2.14. The van der Waals surface area contributed by atoms with Crippen molar-refractivity contribution in [2.75, 3.05) is 19.0 Å². The van der Waals surface area contributed by atoms with Gasteiger partial charge in [0.25, 0.3) is 5.91 Å². The second kappa shape index (κ2) is 6.18. The number of hydrogen-bond donors (Lipinski definition) is 1. The molecule has 2 rings (SSSR count). The predicted octanol–water partition coefficient (Wildman–Crippen LogP) is 3.56. The molecule has 1 N–H and O–H groups in total. The van der Waals surface area contributed by atoms with E-state index >= 15 is 0 Å². The fraction of sp³-hybridized carbons (Fsp3) is 0.278. The van der Waals surface area contributed by atoms with Gasteiger partial charge in [-0.1, -0.05) is 12.1 Å². The fourth-order valence-corrected chi connectivity index (χ4v) is 2.21. The average Bonchev–Trinajstić information content (AvgIpc) is 2.47. The quantitative estimate of drug-likeness (QED) is 0.936. The molecule has 116 valence electrons. The van der Waals surface area contributed by atoms with E-state index in [1.807, 2.05) is 45.0 Å². The molecule has 0 bridgehead atoms. The summed E-state index contributed by atoms with van der Waals surface area (Å²) in [7, 11) is 3.90. The summed E-state index contributed by atoms with van der Waals surface area (Å²) in [6.07, 6.45) is 0. The largest absolute Gasteiger partial charge is 0.378 e. The molecule has 4 heteroatoms. The molecule has 0 aliphatic carbocycles. The zero-order valence-electron chi connectivity index (χ0n) is 13.4. The van der Waals surface area contributed by atoms with Crippen LogP contribution >= 0.6 is 0 Å². The van der Waals surface area contributed by atoms with Crippen LogP contribution < -0.4 is 10.2 Å². The Labute approximate surface area is 130 Å². The van der Waals surface area contributed by atoms with Gasteiger partial charge in [-0.05, 0) is 55.8 Å². The molecule has 0 spiro atoms. The SMILES string of the molecule is CN(C)c1ccc(C(=O)NC(C)(C)c2ccc(F)cc2)cc1. The number of amides is 1. The Morgan fingerprint density at radius 2 is 1.55 bits per heavy atom. The maximum Gasteiger partial charge on any atom is 0.251 e. The minimum atomic E-state index is -0.578. The second-order valence-electron chi connectivity index (χ2n) is 6.03. The smallest absolute Gasteiger partial charge is 0.251 e. The topological polar surface area (TPSA) is 32.3 Å². The molecular formula is C18H21FN2O. The summed E-state index contributed by atoms with van der Waals surface area (Å²) in [5.74, 6) is -0.440. The summed E-state index contributed by atoms with van der Waals surface area (Å²) in [5.41, 5.74) is 1.91. The van der Waals surface area contributed by atoms with Crippen molar-refractivity contribution >= 4 is 11.6 Å². The third-order valence-electron chi connectivity index (χ3n) is 3.64. The number of nitrogens with zero attached hydrogens (tertiary/aromatic N) is 1. The maximum atomic E-state index is 13.0. The molecule has 0 radical (unpaired) electrons. The van der Waals surface area contributed by atoms with Gasteiger partial charge in [-0.3, -0.25) is 4.79 Å². The van der Waals surface area contributed by atoms with Crippen LogP contribution in [-0.2, 0) is 5.54 Å². The molecule has 0 aromatic heterocycles. The van der Waals surface area contributed by atoms with Crippen LogP contribution in [0, 0.1) is 5.82 Å². The molecule has 2 aromatic carbocycles. The first-order chi connectivity index (χ1) is 10.3. The average molecular weight is 300 g/mol. The van der Waals surface area contributed by atoms with E-state index in [1.165, 1.54) is 12.1 Å². The first-order valence-electron chi connectivity index (χ1n) is 7.15. The standard InChI is InChI=1S/C18H21FN2O/c1-18(2,14-7-9-15(19)10-8-14)20-17(22)13-5-11-16(12-6-13)21(3)4/h5-12H,1-4H3,(H,20,22). The van der Waals surface area contributed by atoms with Crippen molar-refractivity contribution in [1.29, 1.82) is 0 Å². The summed E-state index contributed by atoms with van der Waals surface area (Å²) < 4.78 is 13.0. The molecule has 3 nitrogen and oxygen atoms in total. The lowest BCUT2D eigenvalue weighted by Crippen LogP contribution is -2.41. The number of carbonyl (C=O) groups excluding carboxylic acids is 1. The molecule has 22 heavy (non-hydrogen) atoms. The first kappa shape index (κ1) is 16.0. The van der Waals surface area contributed by atoms with E-state index in [4.69, 9.17) is 0 Å². The van der Waals surface area contributed by atoms with Crippen LogP contribution in [0.2, 0.25) is 0 Å². The minimum Gasteiger partial charge on any atom is -0.378 e. The highest BCUT2D eigenvalue weighted by Gasteiger charge is 2.23. The second-order valence-corrected chi connectivity index (χ2v) is 6.03. The normalized spacial score (nSPS) is 11.1. The van der Waals surface area contributed by atoms with Gasteiger partial charge < -0.3 is 10.2 Å². The Morgan fingerprint density at radius 3 is 2.05 bits per heavy atom. The first-order valence-corrected chi connectivity index (χ1v) is 7.15.